The van der Waals surface area contributed by atoms with Crippen LogP contribution in [0.1, 0.15) is 44.0 Å². The lowest BCUT2D eigenvalue weighted by atomic mass is 9.67. The topological polar surface area (TPSA) is 79.6 Å². The average molecular weight is 516 g/mol. The summed E-state index contributed by atoms with van der Waals surface area (Å²) in [6.45, 7) is 4.29. The molecule has 0 saturated heterocycles. The minimum atomic E-state index is -0.786. The minimum absolute atomic E-state index is 0.0684. The first-order chi connectivity index (χ1) is 17.3. The van der Waals surface area contributed by atoms with E-state index in [4.69, 9.17) is 33.2 Å². The second kappa shape index (κ2) is 8.36. The summed E-state index contributed by atoms with van der Waals surface area (Å²) in [4.78, 5) is 23.8. The van der Waals surface area contributed by atoms with E-state index < -0.39 is 5.41 Å². The van der Waals surface area contributed by atoms with Gasteiger partial charge in [0.2, 0.25) is 5.91 Å². The molecular formula is C28H23Cl2N5O. The number of hydrogen-bond donors (Lipinski definition) is 1. The molecule has 6 rings (SSSR count). The van der Waals surface area contributed by atoms with E-state index >= 15 is 0 Å². The van der Waals surface area contributed by atoms with E-state index in [9.17, 15) is 4.79 Å². The molecule has 1 N–H and O–H groups in total. The Labute approximate surface area is 218 Å². The van der Waals surface area contributed by atoms with Crippen molar-refractivity contribution in [2.75, 3.05) is 5.32 Å². The number of carbonyl (C=O) groups excluding carboxylic acids is 1. The normalized spacial score (nSPS) is 21.7. The molecule has 1 saturated carbocycles. The lowest BCUT2D eigenvalue weighted by Crippen LogP contribution is -2.46. The number of azo groups is 1. The third-order valence-electron chi connectivity index (χ3n) is 7.80. The van der Waals surface area contributed by atoms with Crippen LogP contribution in [0.3, 0.4) is 0 Å². The highest BCUT2D eigenvalue weighted by molar-refractivity contribution is 6.42. The summed E-state index contributed by atoms with van der Waals surface area (Å²) in [5.74, 6) is 0.0755. The van der Waals surface area contributed by atoms with Gasteiger partial charge in [0, 0.05) is 11.6 Å². The Morgan fingerprint density at radius 2 is 1.53 bits per heavy atom. The fourth-order valence-electron chi connectivity index (χ4n) is 5.84. The highest BCUT2D eigenvalue weighted by atomic mass is 35.5. The Morgan fingerprint density at radius 1 is 0.917 bits per heavy atom. The van der Waals surface area contributed by atoms with Gasteiger partial charge in [-0.1, -0.05) is 55.2 Å². The van der Waals surface area contributed by atoms with Gasteiger partial charge in [-0.25, -0.2) is 9.97 Å². The zero-order valence-electron chi connectivity index (χ0n) is 19.8. The number of nitrogens with one attached hydrogen (secondary N) is 1. The van der Waals surface area contributed by atoms with Gasteiger partial charge < -0.3 is 5.32 Å². The van der Waals surface area contributed by atoms with Crippen LogP contribution in [0.5, 0.6) is 0 Å². The third-order valence-corrected chi connectivity index (χ3v) is 8.52. The number of aromatic nitrogens is 2. The molecule has 0 spiro atoms. The van der Waals surface area contributed by atoms with Crippen molar-refractivity contribution >= 4 is 57.2 Å². The lowest BCUT2D eigenvalue weighted by molar-refractivity contribution is -0.124. The Morgan fingerprint density at radius 3 is 2.19 bits per heavy atom. The second-order valence-corrected chi connectivity index (χ2v) is 10.8. The largest absolute Gasteiger partial charge is 0.325 e. The van der Waals surface area contributed by atoms with Crippen molar-refractivity contribution in [3.63, 3.8) is 0 Å². The zero-order valence-corrected chi connectivity index (χ0v) is 21.3. The molecule has 4 aromatic rings. The molecule has 3 aromatic carbocycles. The monoisotopic (exact) mass is 515 g/mol. The van der Waals surface area contributed by atoms with Crippen LogP contribution in [0, 0.1) is 5.41 Å². The number of hydrogen-bond acceptors (Lipinski definition) is 5. The highest BCUT2D eigenvalue weighted by Crippen LogP contribution is 2.67. The van der Waals surface area contributed by atoms with E-state index in [2.05, 4.69) is 29.4 Å². The lowest BCUT2D eigenvalue weighted by Gasteiger charge is -2.36. The van der Waals surface area contributed by atoms with Gasteiger partial charge in [0.15, 0.2) is 0 Å². The maximum Gasteiger partial charge on any atom is 0.237 e. The van der Waals surface area contributed by atoms with Gasteiger partial charge in [-0.2, -0.15) is 10.2 Å². The molecule has 2 aliphatic rings. The zero-order chi connectivity index (χ0) is 25.1. The summed E-state index contributed by atoms with van der Waals surface area (Å²) in [5, 5.41) is 12.5. The van der Waals surface area contributed by atoms with Gasteiger partial charge in [-0.15, -0.1) is 0 Å². The first-order valence-corrected chi connectivity index (χ1v) is 12.6. The van der Waals surface area contributed by atoms with Crippen LogP contribution in [0.25, 0.3) is 11.0 Å². The third kappa shape index (κ3) is 3.43. The van der Waals surface area contributed by atoms with Crippen molar-refractivity contribution in [2.45, 2.75) is 38.0 Å². The van der Waals surface area contributed by atoms with Gasteiger partial charge in [-0.05, 0) is 66.8 Å². The van der Waals surface area contributed by atoms with Gasteiger partial charge in [0.25, 0.3) is 0 Å². The minimum Gasteiger partial charge on any atom is -0.325 e. The van der Waals surface area contributed by atoms with Crippen molar-refractivity contribution < 1.29 is 4.79 Å². The van der Waals surface area contributed by atoms with Crippen molar-refractivity contribution in [1.82, 2.24) is 9.97 Å². The molecule has 0 radical (unpaired) electrons. The number of benzene rings is 3. The standard InChI is InChI=1S/C28H23Cl2N5O/c1-27(2)19-12-13-28(27,25-24(19)32-22-14-20(29)21(30)15-23(22)33-25)26(36)31-16-8-10-18(11-9-16)35-34-17-6-4-3-5-7-17/h3-11,14-15,19H,12-13H2,1-2H3,(H,31,36). The molecule has 2 atom stereocenters. The van der Waals surface area contributed by atoms with E-state index in [0.29, 0.717) is 38.9 Å². The Balaban J connectivity index is 1.32. The van der Waals surface area contributed by atoms with Crippen LogP contribution in [-0.2, 0) is 10.2 Å². The number of halogens is 2. The molecule has 2 bridgehead atoms. The summed E-state index contributed by atoms with van der Waals surface area (Å²) in [7, 11) is 0. The summed E-state index contributed by atoms with van der Waals surface area (Å²) in [6, 6.07) is 20.4. The van der Waals surface area contributed by atoms with Gasteiger partial charge in [-0.3, -0.25) is 4.79 Å². The smallest absolute Gasteiger partial charge is 0.237 e. The molecule has 1 fully saturated rings. The van der Waals surface area contributed by atoms with Crippen LogP contribution in [-0.4, -0.2) is 15.9 Å². The predicted octanol–water partition coefficient (Wildman–Crippen LogP) is 8.15. The quantitative estimate of drug-likeness (QED) is 0.278. The Hall–Kier alpha value is -3.35. The summed E-state index contributed by atoms with van der Waals surface area (Å²) in [5.41, 5.74) is 4.04. The molecule has 6 nitrogen and oxygen atoms in total. The van der Waals surface area contributed by atoms with Gasteiger partial charge >= 0.3 is 0 Å². The van der Waals surface area contributed by atoms with Crippen LogP contribution in [0.2, 0.25) is 10.0 Å². The highest BCUT2D eigenvalue weighted by Gasteiger charge is 2.67. The number of rotatable bonds is 4. The van der Waals surface area contributed by atoms with E-state index in [0.717, 1.165) is 23.5 Å². The first-order valence-electron chi connectivity index (χ1n) is 11.8. The second-order valence-electron chi connectivity index (χ2n) is 9.97. The molecule has 1 heterocycles. The molecule has 36 heavy (non-hydrogen) atoms. The van der Waals surface area contributed by atoms with E-state index in [1.807, 2.05) is 54.6 Å². The van der Waals surface area contributed by atoms with Gasteiger partial charge in [0.05, 0.1) is 49.3 Å². The van der Waals surface area contributed by atoms with Crippen LogP contribution < -0.4 is 5.32 Å². The van der Waals surface area contributed by atoms with Crippen LogP contribution in [0.15, 0.2) is 77.0 Å². The summed E-state index contributed by atoms with van der Waals surface area (Å²) in [6.07, 6.45) is 1.60. The van der Waals surface area contributed by atoms with E-state index in [1.165, 1.54) is 0 Å². The van der Waals surface area contributed by atoms with E-state index in [-0.39, 0.29) is 17.2 Å². The van der Waals surface area contributed by atoms with Crippen molar-refractivity contribution in [2.24, 2.45) is 15.6 Å². The Kier molecular flexibility index (Phi) is 5.36. The molecular weight excluding hydrogens is 493 g/mol. The van der Waals surface area contributed by atoms with E-state index in [1.54, 1.807) is 12.1 Å². The summed E-state index contributed by atoms with van der Waals surface area (Å²) >= 11 is 12.5. The molecule has 0 aliphatic heterocycles. The van der Waals surface area contributed by atoms with Crippen LogP contribution >= 0.6 is 23.2 Å². The average Bonchev–Trinajstić information content (AvgIpc) is 3.25. The fraction of sp³-hybridized carbons (Fsp3) is 0.250. The maximum absolute atomic E-state index is 14.0. The molecule has 8 heteroatoms. The van der Waals surface area contributed by atoms with Gasteiger partial charge in [0.1, 0.15) is 0 Å². The number of anilines is 1. The number of nitrogens with zero attached hydrogens (tertiary/aromatic N) is 4. The molecule has 2 unspecified atom stereocenters. The molecule has 1 aromatic heterocycles. The predicted molar refractivity (Wildman–Crippen MR) is 143 cm³/mol. The first kappa shape index (κ1) is 23.1. The molecule has 180 valence electrons. The SMILES string of the molecule is CC1(C)C2CCC1(C(=O)Nc1ccc(N=Nc3ccccc3)cc1)c1nc3cc(Cl)c(Cl)cc3nc12. The molecule has 1 amide bonds. The van der Waals surface area contributed by atoms with Crippen molar-refractivity contribution in [1.29, 1.82) is 0 Å². The molecule has 2 aliphatic carbocycles. The van der Waals surface area contributed by atoms with Crippen LogP contribution in [0.4, 0.5) is 17.1 Å². The van der Waals surface area contributed by atoms with Crippen molar-refractivity contribution in [3.05, 3.63) is 88.2 Å². The maximum atomic E-state index is 14.0. The number of amides is 1. The summed E-state index contributed by atoms with van der Waals surface area (Å²) < 4.78 is 0. The van der Waals surface area contributed by atoms with Crippen molar-refractivity contribution in [3.8, 4) is 0 Å². The fourth-order valence-corrected chi connectivity index (χ4v) is 6.15. The Bertz CT molecular complexity index is 1540. The number of carbonyl (C=O) groups is 1. The number of fused-ring (bicyclic) bond motifs is 6.